The van der Waals surface area contributed by atoms with Crippen molar-refractivity contribution in [3.63, 3.8) is 0 Å². The summed E-state index contributed by atoms with van der Waals surface area (Å²) in [6, 6.07) is 9.63. The largest absolute Gasteiger partial charge is 0.494 e. The summed E-state index contributed by atoms with van der Waals surface area (Å²) in [4.78, 5) is 11.1. The Kier molecular flexibility index (Phi) is 5.78. The number of carbonyl (C=O) groups excluding carboxylic acids is 1. The highest BCUT2D eigenvalue weighted by Crippen LogP contribution is 2.07. The van der Waals surface area contributed by atoms with Crippen LogP contribution in [0.5, 0.6) is 5.75 Å². The van der Waals surface area contributed by atoms with Crippen molar-refractivity contribution in [1.82, 2.24) is 5.32 Å². The molecular formula is C12H17NO2S. The second kappa shape index (κ2) is 7.17. The van der Waals surface area contributed by atoms with Crippen molar-refractivity contribution >= 4 is 18.5 Å². The van der Waals surface area contributed by atoms with Gasteiger partial charge in [-0.15, -0.1) is 0 Å². The first kappa shape index (κ1) is 12.9. The molecule has 0 saturated carbocycles. The number of thiol groups is 1. The molecule has 0 radical (unpaired) electrons. The summed E-state index contributed by atoms with van der Waals surface area (Å²) in [6.07, 6.45) is 0.793. The van der Waals surface area contributed by atoms with Crippen LogP contribution in [0, 0.1) is 0 Å². The number of para-hydroxylation sites is 1. The maximum absolute atomic E-state index is 11.1. The number of benzene rings is 1. The van der Waals surface area contributed by atoms with E-state index in [0.29, 0.717) is 13.2 Å². The van der Waals surface area contributed by atoms with Gasteiger partial charge in [0.25, 0.3) is 0 Å². The second-order valence-corrected chi connectivity index (χ2v) is 4.26. The molecule has 1 amide bonds. The van der Waals surface area contributed by atoms with Gasteiger partial charge < -0.3 is 10.1 Å². The van der Waals surface area contributed by atoms with Gasteiger partial charge in [0.2, 0.25) is 5.91 Å². The molecule has 0 aliphatic rings. The second-order valence-electron chi connectivity index (χ2n) is 3.48. The zero-order valence-electron chi connectivity index (χ0n) is 9.35. The molecule has 0 aliphatic heterocycles. The van der Waals surface area contributed by atoms with Crippen molar-refractivity contribution in [2.75, 3.05) is 13.2 Å². The van der Waals surface area contributed by atoms with Crippen LogP contribution in [0.25, 0.3) is 0 Å². The van der Waals surface area contributed by atoms with Gasteiger partial charge in [-0.1, -0.05) is 18.2 Å². The molecule has 0 aliphatic carbocycles. The van der Waals surface area contributed by atoms with Crippen LogP contribution in [-0.2, 0) is 4.79 Å². The van der Waals surface area contributed by atoms with Crippen molar-refractivity contribution in [2.45, 2.75) is 18.6 Å². The predicted octanol–water partition coefficient (Wildman–Crippen LogP) is 1.89. The van der Waals surface area contributed by atoms with E-state index in [0.717, 1.165) is 12.2 Å². The van der Waals surface area contributed by atoms with Gasteiger partial charge >= 0.3 is 0 Å². The van der Waals surface area contributed by atoms with Crippen molar-refractivity contribution in [1.29, 1.82) is 0 Å². The molecule has 3 nitrogen and oxygen atoms in total. The van der Waals surface area contributed by atoms with Crippen LogP contribution < -0.4 is 10.1 Å². The van der Waals surface area contributed by atoms with Crippen molar-refractivity contribution in [3.8, 4) is 5.75 Å². The highest BCUT2D eigenvalue weighted by atomic mass is 32.1. The molecule has 0 bridgehead atoms. The minimum Gasteiger partial charge on any atom is -0.494 e. The summed E-state index contributed by atoms with van der Waals surface area (Å²) in [5.41, 5.74) is 0. The van der Waals surface area contributed by atoms with Crippen molar-refractivity contribution in [3.05, 3.63) is 30.3 Å². The lowest BCUT2D eigenvalue weighted by Crippen LogP contribution is -2.31. The standard InChI is InChI=1S/C12H17NO2S/c1-10(16)12(14)13-8-5-9-15-11-6-3-2-4-7-11/h2-4,6-7,10,16H,5,8-9H2,1H3,(H,13,14). The van der Waals surface area contributed by atoms with E-state index in [4.69, 9.17) is 4.74 Å². The molecule has 1 unspecified atom stereocenters. The Morgan fingerprint density at radius 1 is 1.44 bits per heavy atom. The lowest BCUT2D eigenvalue weighted by Gasteiger charge is -2.08. The summed E-state index contributed by atoms with van der Waals surface area (Å²) >= 11 is 4.03. The SMILES string of the molecule is CC(S)C(=O)NCCCOc1ccccc1. The van der Waals surface area contributed by atoms with Gasteiger partial charge in [-0.2, -0.15) is 12.6 Å². The van der Waals surface area contributed by atoms with Crippen LogP contribution in [-0.4, -0.2) is 24.3 Å². The highest BCUT2D eigenvalue weighted by Gasteiger charge is 2.05. The first-order valence-electron chi connectivity index (χ1n) is 5.34. The highest BCUT2D eigenvalue weighted by molar-refractivity contribution is 7.81. The Labute approximate surface area is 102 Å². The molecule has 4 heteroatoms. The fourth-order valence-electron chi connectivity index (χ4n) is 1.14. The molecule has 1 aromatic carbocycles. The fraction of sp³-hybridized carbons (Fsp3) is 0.417. The summed E-state index contributed by atoms with van der Waals surface area (Å²) in [5, 5.41) is 2.52. The molecule has 0 saturated heterocycles. The van der Waals surface area contributed by atoms with E-state index >= 15 is 0 Å². The lowest BCUT2D eigenvalue weighted by molar-refractivity contribution is -0.120. The van der Waals surface area contributed by atoms with Gasteiger partial charge in [0.05, 0.1) is 11.9 Å². The molecule has 1 rings (SSSR count). The van der Waals surface area contributed by atoms with E-state index in [9.17, 15) is 4.79 Å². The minimum absolute atomic E-state index is 0.0388. The third-order valence-corrected chi connectivity index (χ3v) is 2.25. The van der Waals surface area contributed by atoms with E-state index in [1.54, 1.807) is 6.92 Å². The van der Waals surface area contributed by atoms with Crippen LogP contribution in [0.4, 0.5) is 0 Å². The Hall–Kier alpha value is -1.16. The van der Waals surface area contributed by atoms with E-state index < -0.39 is 0 Å². The maximum Gasteiger partial charge on any atom is 0.232 e. The van der Waals surface area contributed by atoms with Crippen LogP contribution in [0.2, 0.25) is 0 Å². The predicted molar refractivity (Wildman–Crippen MR) is 68.0 cm³/mol. The first-order valence-corrected chi connectivity index (χ1v) is 5.85. The summed E-state index contributed by atoms with van der Waals surface area (Å²) < 4.78 is 5.48. The van der Waals surface area contributed by atoms with Gasteiger partial charge in [-0.05, 0) is 25.5 Å². The van der Waals surface area contributed by atoms with E-state index in [-0.39, 0.29) is 11.2 Å². The third kappa shape index (κ3) is 5.07. The fourth-order valence-corrected chi connectivity index (χ4v) is 1.23. The Morgan fingerprint density at radius 3 is 2.75 bits per heavy atom. The number of nitrogens with one attached hydrogen (secondary N) is 1. The molecule has 88 valence electrons. The number of ether oxygens (including phenoxy) is 1. The maximum atomic E-state index is 11.1. The average Bonchev–Trinajstić information content (AvgIpc) is 2.29. The van der Waals surface area contributed by atoms with Crippen LogP contribution >= 0.6 is 12.6 Å². The molecule has 0 heterocycles. The van der Waals surface area contributed by atoms with Crippen molar-refractivity contribution in [2.24, 2.45) is 0 Å². The number of hydrogen-bond acceptors (Lipinski definition) is 3. The Bertz CT molecular complexity index is 314. The van der Waals surface area contributed by atoms with Crippen molar-refractivity contribution < 1.29 is 9.53 Å². The average molecular weight is 239 g/mol. The number of amides is 1. The van der Waals surface area contributed by atoms with E-state index in [1.807, 2.05) is 30.3 Å². The summed E-state index contributed by atoms with van der Waals surface area (Å²) in [7, 11) is 0. The Balaban J connectivity index is 2.07. The molecule has 0 aromatic heterocycles. The quantitative estimate of drug-likeness (QED) is 0.588. The smallest absolute Gasteiger partial charge is 0.232 e. The van der Waals surface area contributed by atoms with Gasteiger partial charge in [0.15, 0.2) is 0 Å². The molecule has 1 atom stereocenters. The molecule has 0 fully saturated rings. The third-order valence-electron chi connectivity index (χ3n) is 2.01. The zero-order valence-corrected chi connectivity index (χ0v) is 10.2. The molecule has 16 heavy (non-hydrogen) atoms. The van der Waals surface area contributed by atoms with Crippen LogP contribution in [0.15, 0.2) is 30.3 Å². The van der Waals surface area contributed by atoms with Gasteiger partial charge in [-0.25, -0.2) is 0 Å². The van der Waals surface area contributed by atoms with Gasteiger partial charge in [0, 0.05) is 6.54 Å². The molecule has 1 aromatic rings. The minimum atomic E-state index is -0.255. The van der Waals surface area contributed by atoms with E-state index in [1.165, 1.54) is 0 Å². The normalized spacial score (nSPS) is 11.9. The first-order chi connectivity index (χ1) is 7.70. The number of rotatable bonds is 6. The monoisotopic (exact) mass is 239 g/mol. The molecule has 1 N–H and O–H groups in total. The number of carbonyl (C=O) groups is 1. The Morgan fingerprint density at radius 2 is 2.12 bits per heavy atom. The molecular weight excluding hydrogens is 222 g/mol. The lowest BCUT2D eigenvalue weighted by atomic mass is 10.3. The summed E-state index contributed by atoms with van der Waals surface area (Å²) in [6.45, 7) is 2.97. The van der Waals surface area contributed by atoms with Crippen LogP contribution in [0.3, 0.4) is 0 Å². The number of hydrogen-bond donors (Lipinski definition) is 2. The summed E-state index contributed by atoms with van der Waals surface area (Å²) in [5.74, 6) is 0.819. The van der Waals surface area contributed by atoms with Gasteiger partial charge in [0.1, 0.15) is 5.75 Å². The van der Waals surface area contributed by atoms with Gasteiger partial charge in [-0.3, -0.25) is 4.79 Å². The zero-order chi connectivity index (χ0) is 11.8. The topological polar surface area (TPSA) is 38.3 Å². The van der Waals surface area contributed by atoms with E-state index in [2.05, 4.69) is 17.9 Å². The molecule has 0 spiro atoms. The van der Waals surface area contributed by atoms with Crippen LogP contribution in [0.1, 0.15) is 13.3 Å².